The van der Waals surface area contributed by atoms with Gasteiger partial charge in [0.2, 0.25) is 5.91 Å². The lowest BCUT2D eigenvalue weighted by Crippen LogP contribution is -2.65. The van der Waals surface area contributed by atoms with Crippen LogP contribution in [-0.2, 0) is 21.4 Å². The van der Waals surface area contributed by atoms with Crippen LogP contribution in [-0.4, -0.2) is 46.2 Å². The molecule has 33 heavy (non-hydrogen) atoms. The molecule has 0 radical (unpaired) electrons. The highest BCUT2D eigenvalue weighted by Crippen LogP contribution is 2.57. The number of nitrogens with zero attached hydrogens (tertiary/aromatic N) is 1. The minimum absolute atomic E-state index is 0.00684. The van der Waals surface area contributed by atoms with E-state index < -0.39 is 5.60 Å². The van der Waals surface area contributed by atoms with Crippen molar-refractivity contribution in [2.45, 2.75) is 103 Å². The summed E-state index contributed by atoms with van der Waals surface area (Å²) in [6.45, 7) is 13.2. The number of phenols is 1. The zero-order valence-electron chi connectivity index (χ0n) is 21.0. The number of hydrogen-bond donors (Lipinski definition) is 2. The molecule has 3 aliphatic rings. The van der Waals surface area contributed by atoms with E-state index in [1.165, 1.54) is 5.56 Å². The molecule has 2 fully saturated rings. The predicted octanol–water partition coefficient (Wildman–Crippen LogP) is 4.92. The number of alkyl carbamates (subject to hydrolysis) is 1. The number of likely N-dealkylation sites (tertiary alicyclic amines) is 1. The standard InChI is InChI=1S/C27H40N2O4/c1-25(2,3)33-24(32)28-18-12-10-17(11-13-18)23(31)29-15-14-27(6)20-8-7-9-21(30)19(20)16-22(29)26(27,4)5/h7-9,17-18,22,30H,10-16H2,1-6H3,(H,28,32)/t17?,18?,22-,27+/m1/s1. The van der Waals surface area contributed by atoms with Crippen LogP contribution < -0.4 is 5.32 Å². The molecule has 0 unspecified atom stereocenters. The third kappa shape index (κ3) is 4.22. The normalized spacial score (nSPS) is 30.8. The number of carbonyl (C=O) groups excluding carboxylic acids is 2. The summed E-state index contributed by atoms with van der Waals surface area (Å²) in [4.78, 5) is 27.9. The van der Waals surface area contributed by atoms with Gasteiger partial charge in [-0.3, -0.25) is 4.79 Å². The number of fused-ring (bicyclic) bond motifs is 4. The lowest BCUT2D eigenvalue weighted by molar-refractivity contribution is -0.149. The Labute approximate surface area is 198 Å². The van der Waals surface area contributed by atoms with Gasteiger partial charge < -0.3 is 20.1 Å². The molecule has 2 aliphatic carbocycles. The van der Waals surface area contributed by atoms with Gasteiger partial charge in [-0.05, 0) is 81.9 Å². The third-order valence-corrected chi connectivity index (χ3v) is 8.71. The van der Waals surface area contributed by atoms with E-state index in [1.807, 2.05) is 26.8 Å². The van der Waals surface area contributed by atoms with E-state index in [2.05, 4.69) is 37.1 Å². The van der Waals surface area contributed by atoms with E-state index in [-0.39, 0.29) is 40.8 Å². The predicted molar refractivity (Wildman–Crippen MR) is 128 cm³/mol. The highest BCUT2D eigenvalue weighted by molar-refractivity contribution is 5.80. The van der Waals surface area contributed by atoms with Crippen LogP contribution in [0.5, 0.6) is 5.75 Å². The lowest BCUT2D eigenvalue weighted by atomic mass is 9.51. The Morgan fingerprint density at radius 1 is 1.12 bits per heavy atom. The molecule has 1 heterocycles. The lowest BCUT2D eigenvalue weighted by Gasteiger charge is -2.61. The molecule has 6 heteroatoms. The van der Waals surface area contributed by atoms with Gasteiger partial charge in [-0.1, -0.05) is 32.9 Å². The SMILES string of the molecule is CC(C)(C)OC(=O)NC1CCC(C(=O)N2CC[C@@]3(C)c4cccc(O)c4C[C@@H]2C3(C)C)CC1. The van der Waals surface area contributed by atoms with Crippen molar-refractivity contribution in [3.63, 3.8) is 0 Å². The molecule has 6 nitrogen and oxygen atoms in total. The second-order valence-corrected chi connectivity index (χ2v) is 12.1. The highest BCUT2D eigenvalue weighted by atomic mass is 16.6. The largest absolute Gasteiger partial charge is 0.508 e. The first-order valence-electron chi connectivity index (χ1n) is 12.4. The van der Waals surface area contributed by atoms with Gasteiger partial charge in [0.05, 0.1) is 0 Å². The second-order valence-electron chi connectivity index (χ2n) is 12.1. The molecule has 1 aromatic rings. The van der Waals surface area contributed by atoms with Gasteiger partial charge in [-0.25, -0.2) is 4.79 Å². The van der Waals surface area contributed by atoms with Crippen LogP contribution >= 0.6 is 0 Å². The maximum absolute atomic E-state index is 13.7. The second kappa shape index (κ2) is 8.21. The molecular formula is C27H40N2O4. The van der Waals surface area contributed by atoms with Gasteiger partial charge in [-0.15, -0.1) is 0 Å². The van der Waals surface area contributed by atoms with Crippen molar-refractivity contribution in [2.24, 2.45) is 11.3 Å². The number of benzene rings is 1. The van der Waals surface area contributed by atoms with Gasteiger partial charge in [0, 0.05) is 30.0 Å². The molecule has 1 saturated heterocycles. The van der Waals surface area contributed by atoms with Crippen LogP contribution in [0.4, 0.5) is 4.79 Å². The quantitative estimate of drug-likeness (QED) is 0.662. The number of nitrogens with one attached hydrogen (secondary N) is 1. The van der Waals surface area contributed by atoms with Crippen LogP contribution in [0, 0.1) is 11.3 Å². The average Bonchev–Trinajstić information content (AvgIpc) is 2.70. The Hall–Kier alpha value is -2.24. The number of aromatic hydroxyl groups is 1. The Morgan fingerprint density at radius 2 is 1.79 bits per heavy atom. The average molecular weight is 457 g/mol. The fraction of sp³-hybridized carbons (Fsp3) is 0.704. The zero-order valence-corrected chi connectivity index (χ0v) is 21.0. The Kier molecular flexibility index (Phi) is 5.95. The van der Waals surface area contributed by atoms with E-state index >= 15 is 0 Å². The van der Waals surface area contributed by atoms with E-state index in [0.29, 0.717) is 12.2 Å². The summed E-state index contributed by atoms with van der Waals surface area (Å²) in [6.07, 6.45) is 4.36. The van der Waals surface area contributed by atoms with E-state index in [1.54, 1.807) is 6.07 Å². The molecule has 2 N–H and O–H groups in total. The highest BCUT2D eigenvalue weighted by Gasteiger charge is 2.57. The Morgan fingerprint density at radius 3 is 2.42 bits per heavy atom. The number of hydrogen-bond acceptors (Lipinski definition) is 4. The number of ether oxygens (including phenoxy) is 1. The molecule has 1 aliphatic heterocycles. The number of carbonyl (C=O) groups is 2. The molecule has 182 valence electrons. The first-order valence-corrected chi connectivity index (χ1v) is 12.4. The summed E-state index contributed by atoms with van der Waals surface area (Å²) in [7, 11) is 0. The first kappa shape index (κ1) is 23.9. The smallest absolute Gasteiger partial charge is 0.407 e. The zero-order chi connectivity index (χ0) is 24.2. The monoisotopic (exact) mass is 456 g/mol. The van der Waals surface area contributed by atoms with Crippen molar-refractivity contribution in [3.05, 3.63) is 29.3 Å². The Bertz CT molecular complexity index is 927. The number of rotatable bonds is 2. The van der Waals surface area contributed by atoms with Crippen molar-refractivity contribution in [3.8, 4) is 5.75 Å². The van der Waals surface area contributed by atoms with Crippen LogP contribution in [0.3, 0.4) is 0 Å². The van der Waals surface area contributed by atoms with Gasteiger partial charge in [-0.2, -0.15) is 0 Å². The summed E-state index contributed by atoms with van der Waals surface area (Å²) in [5.74, 6) is 0.583. The van der Waals surface area contributed by atoms with Crippen molar-refractivity contribution >= 4 is 12.0 Å². The van der Waals surface area contributed by atoms with Crippen molar-refractivity contribution in [2.75, 3.05) is 6.54 Å². The molecule has 1 saturated carbocycles. The molecule has 0 spiro atoms. The summed E-state index contributed by atoms with van der Waals surface area (Å²) in [6, 6.07) is 5.99. The van der Waals surface area contributed by atoms with Crippen molar-refractivity contribution in [1.82, 2.24) is 10.2 Å². The molecule has 2 atom stereocenters. The van der Waals surface area contributed by atoms with Crippen molar-refractivity contribution < 1.29 is 19.4 Å². The molecule has 1 aromatic carbocycles. The minimum Gasteiger partial charge on any atom is -0.508 e. The summed E-state index contributed by atoms with van der Waals surface area (Å²) < 4.78 is 5.38. The van der Waals surface area contributed by atoms with Crippen molar-refractivity contribution in [1.29, 1.82) is 0 Å². The van der Waals surface area contributed by atoms with Crippen LogP contribution in [0.1, 0.15) is 84.8 Å². The van der Waals surface area contributed by atoms with Gasteiger partial charge in [0.25, 0.3) is 0 Å². The van der Waals surface area contributed by atoms with Crippen LogP contribution in [0.15, 0.2) is 18.2 Å². The summed E-state index contributed by atoms with van der Waals surface area (Å²) in [5.41, 5.74) is 1.57. The maximum atomic E-state index is 13.7. The summed E-state index contributed by atoms with van der Waals surface area (Å²) in [5, 5.41) is 13.6. The molecule has 4 rings (SSSR count). The fourth-order valence-electron chi connectivity index (χ4n) is 6.38. The number of phenolic OH excluding ortho intramolecular Hbond substituents is 1. The number of amides is 2. The summed E-state index contributed by atoms with van der Waals surface area (Å²) >= 11 is 0. The number of piperidine rings is 1. The van der Waals surface area contributed by atoms with Crippen LogP contribution in [0.25, 0.3) is 0 Å². The minimum atomic E-state index is -0.514. The Balaban J connectivity index is 1.44. The molecule has 2 bridgehead atoms. The fourth-order valence-corrected chi connectivity index (χ4v) is 6.38. The molecular weight excluding hydrogens is 416 g/mol. The van der Waals surface area contributed by atoms with Gasteiger partial charge in [0.1, 0.15) is 11.4 Å². The van der Waals surface area contributed by atoms with E-state index in [9.17, 15) is 14.7 Å². The van der Waals surface area contributed by atoms with Crippen LogP contribution in [0.2, 0.25) is 0 Å². The maximum Gasteiger partial charge on any atom is 0.407 e. The van der Waals surface area contributed by atoms with E-state index in [4.69, 9.17) is 4.74 Å². The molecule has 0 aromatic heterocycles. The topological polar surface area (TPSA) is 78.9 Å². The molecule has 2 amide bonds. The van der Waals surface area contributed by atoms with Gasteiger partial charge >= 0.3 is 6.09 Å². The third-order valence-electron chi connectivity index (χ3n) is 8.71. The van der Waals surface area contributed by atoms with E-state index in [0.717, 1.165) is 44.2 Å². The van der Waals surface area contributed by atoms with Gasteiger partial charge in [0.15, 0.2) is 0 Å². The first-order chi connectivity index (χ1) is 15.3.